The van der Waals surface area contributed by atoms with Crippen LogP contribution >= 0.6 is 11.3 Å². The van der Waals surface area contributed by atoms with Gasteiger partial charge in [-0.15, -0.1) is 10.2 Å². The third-order valence-corrected chi connectivity index (χ3v) is 6.08. The smallest absolute Gasteiger partial charge is 0.408 e. The minimum Gasteiger partial charge on any atom is -0.438 e. The van der Waals surface area contributed by atoms with E-state index in [4.69, 9.17) is 4.74 Å². The largest absolute Gasteiger partial charge is 0.438 e. The highest BCUT2D eigenvalue weighted by atomic mass is 32.1. The highest BCUT2D eigenvalue weighted by Gasteiger charge is 2.58. The van der Waals surface area contributed by atoms with Gasteiger partial charge in [0.25, 0.3) is 0 Å². The molecule has 3 amide bonds. The molecule has 0 bridgehead atoms. The van der Waals surface area contributed by atoms with Crippen LogP contribution < -0.4 is 10.6 Å². The molecule has 1 aromatic heterocycles. The summed E-state index contributed by atoms with van der Waals surface area (Å²) in [6.45, 7) is 4.69. The van der Waals surface area contributed by atoms with E-state index in [1.165, 1.54) is 11.3 Å². The number of ether oxygens (including phenoxy) is 1. The van der Waals surface area contributed by atoms with Gasteiger partial charge in [0.2, 0.25) is 5.13 Å². The number of rotatable bonds is 3. The molecule has 4 rings (SSSR count). The zero-order valence-electron chi connectivity index (χ0n) is 15.2. The van der Waals surface area contributed by atoms with Crippen LogP contribution in [0.1, 0.15) is 30.8 Å². The van der Waals surface area contributed by atoms with Gasteiger partial charge in [0.05, 0.1) is 12.1 Å². The summed E-state index contributed by atoms with van der Waals surface area (Å²) in [5.74, 6) is 0. The Morgan fingerprint density at radius 2 is 2.11 bits per heavy atom. The van der Waals surface area contributed by atoms with Gasteiger partial charge in [-0.3, -0.25) is 5.32 Å². The summed E-state index contributed by atoms with van der Waals surface area (Å²) in [7, 11) is 0. The number of benzene rings is 1. The van der Waals surface area contributed by atoms with Crippen molar-refractivity contribution in [1.82, 2.24) is 20.4 Å². The van der Waals surface area contributed by atoms with E-state index in [-0.39, 0.29) is 6.03 Å². The van der Waals surface area contributed by atoms with E-state index in [1.807, 2.05) is 44.2 Å². The number of hydrogen-bond donors (Lipinski definition) is 2. The Bertz CT molecular complexity index is 869. The van der Waals surface area contributed by atoms with Crippen molar-refractivity contribution in [3.05, 3.63) is 40.9 Å². The Morgan fingerprint density at radius 1 is 1.33 bits per heavy atom. The Labute approximate surface area is 160 Å². The van der Waals surface area contributed by atoms with Gasteiger partial charge in [0.15, 0.2) is 5.60 Å². The lowest BCUT2D eigenvalue weighted by Gasteiger charge is -2.33. The third-order valence-electron chi connectivity index (χ3n) is 5.24. The third kappa shape index (κ3) is 3.34. The van der Waals surface area contributed by atoms with Crippen LogP contribution in [0.25, 0.3) is 0 Å². The summed E-state index contributed by atoms with van der Waals surface area (Å²) >= 11 is 1.36. The maximum Gasteiger partial charge on any atom is 0.408 e. The Balaban J connectivity index is 1.38. The number of hydrogen-bond acceptors (Lipinski definition) is 6. The minimum atomic E-state index is -0.693. The monoisotopic (exact) mass is 387 g/mol. The molecule has 2 aromatic rings. The zero-order chi connectivity index (χ0) is 19.1. The molecule has 2 fully saturated rings. The van der Waals surface area contributed by atoms with E-state index in [0.29, 0.717) is 31.1 Å². The fourth-order valence-corrected chi connectivity index (χ4v) is 4.33. The molecule has 9 heteroatoms. The van der Waals surface area contributed by atoms with Crippen LogP contribution in [-0.2, 0) is 11.2 Å². The van der Waals surface area contributed by atoms with E-state index in [2.05, 4.69) is 20.8 Å². The van der Waals surface area contributed by atoms with E-state index >= 15 is 0 Å². The van der Waals surface area contributed by atoms with Crippen molar-refractivity contribution in [1.29, 1.82) is 0 Å². The quantitative estimate of drug-likeness (QED) is 0.844. The van der Waals surface area contributed by atoms with Crippen LogP contribution in [0.3, 0.4) is 0 Å². The molecular weight excluding hydrogens is 366 g/mol. The number of nitrogens with one attached hydrogen (secondary N) is 2. The lowest BCUT2D eigenvalue weighted by molar-refractivity contribution is 0.0224. The number of likely N-dealkylation sites (tertiary alicyclic amines) is 1. The molecule has 1 spiro atoms. The first kappa shape index (κ1) is 17.7. The lowest BCUT2D eigenvalue weighted by Crippen LogP contribution is -2.54. The fourth-order valence-electron chi connectivity index (χ4n) is 3.56. The molecule has 0 radical (unpaired) electrons. The molecule has 1 unspecified atom stereocenters. The Morgan fingerprint density at radius 3 is 2.81 bits per heavy atom. The van der Waals surface area contributed by atoms with E-state index in [9.17, 15) is 9.59 Å². The van der Waals surface area contributed by atoms with Crippen LogP contribution in [-0.4, -0.2) is 51.5 Å². The fraction of sp³-hybridized carbons (Fsp3) is 0.444. The normalized spacial score (nSPS) is 23.3. The molecule has 2 aliphatic heterocycles. The number of carbonyl (C=O) groups is 2. The van der Waals surface area contributed by atoms with Crippen LogP contribution in [0, 0.1) is 0 Å². The minimum absolute atomic E-state index is 0.256. The first-order valence-electron chi connectivity index (χ1n) is 8.80. The van der Waals surface area contributed by atoms with Gasteiger partial charge in [-0.05, 0) is 19.4 Å². The second kappa shape index (κ2) is 6.49. The van der Waals surface area contributed by atoms with Crippen molar-refractivity contribution in [3.63, 3.8) is 0 Å². The average molecular weight is 387 g/mol. The first-order valence-corrected chi connectivity index (χ1v) is 9.62. The Hall–Kier alpha value is -2.68. The van der Waals surface area contributed by atoms with Crippen molar-refractivity contribution in [2.75, 3.05) is 18.4 Å². The first-order chi connectivity index (χ1) is 12.9. The number of urea groups is 1. The highest BCUT2D eigenvalue weighted by molar-refractivity contribution is 7.15. The number of anilines is 1. The number of amides is 3. The molecule has 1 aromatic carbocycles. The van der Waals surface area contributed by atoms with Crippen LogP contribution in [0.2, 0.25) is 0 Å². The van der Waals surface area contributed by atoms with Crippen molar-refractivity contribution < 1.29 is 14.3 Å². The van der Waals surface area contributed by atoms with Crippen LogP contribution in [0.4, 0.5) is 14.7 Å². The number of nitrogens with zero attached hydrogens (tertiary/aromatic N) is 3. The van der Waals surface area contributed by atoms with Crippen molar-refractivity contribution in [2.45, 2.75) is 37.8 Å². The molecule has 1 atom stereocenters. The van der Waals surface area contributed by atoms with Crippen molar-refractivity contribution in [3.8, 4) is 0 Å². The SMILES string of the molecule is CC1(C)NC(=O)OC12CCN(C(=O)Nc1nnc(Cc3ccccc3)s1)C2. The van der Waals surface area contributed by atoms with Gasteiger partial charge in [-0.2, -0.15) is 0 Å². The molecule has 2 N–H and O–H groups in total. The summed E-state index contributed by atoms with van der Waals surface area (Å²) < 4.78 is 5.53. The molecule has 27 heavy (non-hydrogen) atoms. The standard InChI is InChI=1S/C18H21N5O3S/c1-17(2)18(26-16(25)20-17)8-9-23(11-18)15(24)19-14-22-21-13(27-14)10-12-6-4-3-5-7-12/h3-7H,8-11H2,1-2H3,(H,20,25)(H,19,22,24). The van der Waals surface area contributed by atoms with Crippen LogP contribution in [0.5, 0.6) is 0 Å². The topological polar surface area (TPSA) is 96.5 Å². The Kier molecular flexibility index (Phi) is 4.26. The highest BCUT2D eigenvalue weighted by Crippen LogP contribution is 2.39. The number of aromatic nitrogens is 2. The van der Waals surface area contributed by atoms with Gasteiger partial charge in [-0.1, -0.05) is 41.7 Å². The second-order valence-electron chi connectivity index (χ2n) is 7.40. The number of carbonyl (C=O) groups excluding carboxylic acids is 2. The lowest BCUT2D eigenvalue weighted by atomic mass is 9.83. The second-order valence-corrected chi connectivity index (χ2v) is 8.46. The molecule has 0 aliphatic carbocycles. The van der Waals surface area contributed by atoms with E-state index in [1.54, 1.807) is 4.90 Å². The van der Waals surface area contributed by atoms with Gasteiger partial charge < -0.3 is 15.0 Å². The van der Waals surface area contributed by atoms with Gasteiger partial charge >= 0.3 is 12.1 Å². The van der Waals surface area contributed by atoms with Crippen molar-refractivity contribution in [2.24, 2.45) is 0 Å². The summed E-state index contributed by atoms with van der Waals surface area (Å²) in [5.41, 5.74) is -0.0723. The molecular formula is C18H21N5O3S. The molecule has 8 nitrogen and oxygen atoms in total. The molecule has 142 valence electrons. The summed E-state index contributed by atoms with van der Waals surface area (Å²) in [6.07, 6.45) is 0.843. The number of alkyl carbamates (subject to hydrolysis) is 1. The van der Waals surface area contributed by atoms with E-state index in [0.717, 1.165) is 10.6 Å². The maximum absolute atomic E-state index is 12.6. The zero-order valence-corrected chi connectivity index (χ0v) is 16.0. The van der Waals surface area contributed by atoms with Gasteiger partial charge in [-0.25, -0.2) is 9.59 Å². The summed E-state index contributed by atoms with van der Waals surface area (Å²) in [5, 5.41) is 15.1. The predicted molar refractivity (Wildman–Crippen MR) is 101 cm³/mol. The van der Waals surface area contributed by atoms with Gasteiger partial charge in [0.1, 0.15) is 5.01 Å². The maximum atomic E-state index is 12.6. The average Bonchev–Trinajstić information content (AvgIpc) is 3.28. The predicted octanol–water partition coefficient (Wildman–Crippen LogP) is 2.62. The molecule has 3 heterocycles. The summed E-state index contributed by atoms with van der Waals surface area (Å²) in [6, 6.07) is 9.73. The van der Waals surface area contributed by atoms with E-state index < -0.39 is 17.2 Å². The van der Waals surface area contributed by atoms with Crippen LogP contribution in [0.15, 0.2) is 30.3 Å². The molecule has 0 saturated carbocycles. The molecule has 2 aliphatic rings. The van der Waals surface area contributed by atoms with Gasteiger partial charge in [0, 0.05) is 19.4 Å². The molecule has 2 saturated heterocycles. The summed E-state index contributed by atoms with van der Waals surface area (Å²) in [4.78, 5) is 25.9. The van der Waals surface area contributed by atoms with Crippen molar-refractivity contribution >= 4 is 28.6 Å².